The van der Waals surface area contributed by atoms with Crippen LogP contribution in [0.25, 0.3) is 11.1 Å². The van der Waals surface area contributed by atoms with Crippen LogP contribution in [-0.2, 0) is 11.8 Å². The summed E-state index contributed by atoms with van der Waals surface area (Å²) in [5.41, 5.74) is 6.63. The maximum absolute atomic E-state index is 2.53. The fourth-order valence-electron chi connectivity index (χ4n) is 5.48. The second kappa shape index (κ2) is 4.59. The van der Waals surface area contributed by atoms with E-state index in [1.54, 1.807) is 11.1 Å². The van der Waals surface area contributed by atoms with Gasteiger partial charge in [-0.3, -0.25) is 0 Å². The van der Waals surface area contributed by atoms with Gasteiger partial charge in [0.15, 0.2) is 0 Å². The molecule has 110 valence electrons. The molecule has 3 aliphatic carbocycles. The lowest BCUT2D eigenvalue weighted by molar-refractivity contribution is 0.304. The molecule has 0 radical (unpaired) electrons. The highest BCUT2D eigenvalue weighted by molar-refractivity contribution is 5.70. The first-order valence-corrected chi connectivity index (χ1v) is 8.73. The van der Waals surface area contributed by atoms with E-state index in [0.29, 0.717) is 5.41 Å². The summed E-state index contributed by atoms with van der Waals surface area (Å²) in [4.78, 5) is 0. The standard InChI is InChI=1S/C22H22/c1-2-6-17(7-3-1)19-8-4-10-21-20(19)9-5-13-22(21)15-16-11-12-18(22)14-16/h1-4,6-8,10-12,16,18H,5,9,13-15H2. The molecule has 22 heavy (non-hydrogen) atoms. The Kier molecular flexibility index (Phi) is 2.65. The number of benzene rings is 2. The molecule has 1 spiro atoms. The molecule has 3 unspecified atom stereocenters. The van der Waals surface area contributed by atoms with Gasteiger partial charge in [-0.1, -0.05) is 60.7 Å². The number of fused-ring (bicyclic) bond motifs is 5. The summed E-state index contributed by atoms with van der Waals surface area (Å²) in [5.74, 6) is 1.64. The molecule has 0 heterocycles. The lowest BCUT2D eigenvalue weighted by atomic mass is 9.62. The first-order valence-electron chi connectivity index (χ1n) is 8.73. The van der Waals surface area contributed by atoms with E-state index in [-0.39, 0.29) is 0 Å². The molecule has 0 aromatic heterocycles. The van der Waals surface area contributed by atoms with Gasteiger partial charge in [0.05, 0.1) is 0 Å². The Bertz CT molecular complexity index is 740. The minimum Gasteiger partial charge on any atom is -0.0851 e. The second-order valence-corrected chi connectivity index (χ2v) is 7.40. The first-order chi connectivity index (χ1) is 10.9. The van der Waals surface area contributed by atoms with Gasteiger partial charge >= 0.3 is 0 Å². The topological polar surface area (TPSA) is 0 Å². The highest BCUT2D eigenvalue weighted by Gasteiger charge is 2.50. The van der Waals surface area contributed by atoms with E-state index in [9.17, 15) is 0 Å². The first kappa shape index (κ1) is 12.7. The predicted molar refractivity (Wildman–Crippen MR) is 91.8 cm³/mol. The molecule has 2 bridgehead atoms. The van der Waals surface area contributed by atoms with E-state index < -0.39 is 0 Å². The molecule has 0 aliphatic heterocycles. The van der Waals surface area contributed by atoms with Crippen LogP contribution in [-0.4, -0.2) is 0 Å². The third-order valence-electron chi connectivity index (χ3n) is 6.36. The van der Waals surface area contributed by atoms with Gasteiger partial charge < -0.3 is 0 Å². The Morgan fingerprint density at radius 2 is 1.82 bits per heavy atom. The largest absolute Gasteiger partial charge is 0.0851 e. The zero-order chi connectivity index (χ0) is 14.6. The fraction of sp³-hybridized carbons (Fsp3) is 0.364. The van der Waals surface area contributed by atoms with Crippen LogP contribution in [0.5, 0.6) is 0 Å². The van der Waals surface area contributed by atoms with Crippen molar-refractivity contribution in [1.82, 2.24) is 0 Å². The zero-order valence-corrected chi connectivity index (χ0v) is 13.0. The average Bonchev–Trinajstić information content (AvgIpc) is 3.17. The Balaban J connectivity index is 1.70. The van der Waals surface area contributed by atoms with E-state index in [2.05, 4.69) is 60.7 Å². The maximum Gasteiger partial charge on any atom is 0.00246 e. The molecular weight excluding hydrogens is 264 g/mol. The molecule has 0 nitrogen and oxygen atoms in total. The molecule has 3 aliphatic rings. The third kappa shape index (κ3) is 1.64. The van der Waals surface area contributed by atoms with Crippen LogP contribution in [0.1, 0.15) is 36.8 Å². The molecule has 3 atom stereocenters. The van der Waals surface area contributed by atoms with Crippen molar-refractivity contribution in [3.8, 4) is 11.1 Å². The maximum atomic E-state index is 2.53. The Morgan fingerprint density at radius 1 is 0.909 bits per heavy atom. The van der Waals surface area contributed by atoms with Crippen molar-refractivity contribution in [2.75, 3.05) is 0 Å². The molecule has 5 rings (SSSR count). The normalized spacial score (nSPS) is 31.6. The summed E-state index contributed by atoms with van der Waals surface area (Å²) in [6.45, 7) is 0. The lowest BCUT2D eigenvalue weighted by Gasteiger charge is -2.42. The smallest absolute Gasteiger partial charge is 0.00246 e. The van der Waals surface area contributed by atoms with Crippen LogP contribution in [0.3, 0.4) is 0 Å². The van der Waals surface area contributed by atoms with Gasteiger partial charge in [0.25, 0.3) is 0 Å². The summed E-state index contributed by atoms with van der Waals surface area (Å²) >= 11 is 0. The van der Waals surface area contributed by atoms with E-state index in [4.69, 9.17) is 0 Å². The van der Waals surface area contributed by atoms with Crippen LogP contribution in [0, 0.1) is 11.8 Å². The van der Waals surface area contributed by atoms with Crippen molar-refractivity contribution in [2.45, 2.75) is 37.5 Å². The van der Waals surface area contributed by atoms with Crippen molar-refractivity contribution in [2.24, 2.45) is 11.8 Å². The molecule has 1 saturated carbocycles. The average molecular weight is 286 g/mol. The van der Waals surface area contributed by atoms with Gasteiger partial charge in [-0.15, -0.1) is 0 Å². The molecule has 0 heteroatoms. The monoisotopic (exact) mass is 286 g/mol. The molecule has 2 aromatic carbocycles. The number of allylic oxidation sites excluding steroid dienone is 2. The molecular formula is C22H22. The van der Waals surface area contributed by atoms with Crippen LogP contribution >= 0.6 is 0 Å². The van der Waals surface area contributed by atoms with E-state index in [0.717, 1.165) is 11.8 Å². The van der Waals surface area contributed by atoms with Gasteiger partial charge in [-0.25, -0.2) is 0 Å². The number of rotatable bonds is 1. The summed E-state index contributed by atoms with van der Waals surface area (Å²) in [7, 11) is 0. The summed E-state index contributed by atoms with van der Waals surface area (Å²) in [6.07, 6.45) is 11.8. The molecule has 0 N–H and O–H groups in total. The molecule has 2 aromatic rings. The summed E-state index contributed by atoms with van der Waals surface area (Å²) < 4.78 is 0. The van der Waals surface area contributed by atoms with Crippen LogP contribution in [0.15, 0.2) is 60.7 Å². The molecule has 1 fully saturated rings. The SMILES string of the molecule is C1=CC2CC1CC21CCCc2c(-c3ccccc3)cccc21. The summed E-state index contributed by atoms with van der Waals surface area (Å²) in [6, 6.07) is 18.0. The van der Waals surface area contributed by atoms with Crippen LogP contribution in [0.4, 0.5) is 0 Å². The Hall–Kier alpha value is -1.82. The third-order valence-corrected chi connectivity index (χ3v) is 6.36. The van der Waals surface area contributed by atoms with E-state index in [1.165, 1.54) is 43.2 Å². The Labute approximate surface area is 132 Å². The second-order valence-electron chi connectivity index (χ2n) is 7.40. The van der Waals surface area contributed by atoms with Crippen LogP contribution in [0.2, 0.25) is 0 Å². The van der Waals surface area contributed by atoms with Gasteiger partial charge in [-0.2, -0.15) is 0 Å². The van der Waals surface area contributed by atoms with Crippen molar-refractivity contribution >= 4 is 0 Å². The van der Waals surface area contributed by atoms with Crippen molar-refractivity contribution < 1.29 is 0 Å². The number of hydrogen-bond acceptors (Lipinski definition) is 0. The minimum absolute atomic E-state index is 0.456. The molecule has 0 saturated heterocycles. The van der Waals surface area contributed by atoms with Crippen molar-refractivity contribution in [3.63, 3.8) is 0 Å². The molecule has 0 amide bonds. The fourth-order valence-corrected chi connectivity index (χ4v) is 5.48. The van der Waals surface area contributed by atoms with Gasteiger partial charge in [-0.05, 0) is 66.2 Å². The predicted octanol–water partition coefficient (Wildman–Crippen LogP) is 5.52. The van der Waals surface area contributed by atoms with Gasteiger partial charge in [0.2, 0.25) is 0 Å². The van der Waals surface area contributed by atoms with Crippen molar-refractivity contribution in [3.05, 3.63) is 71.8 Å². The number of hydrogen-bond donors (Lipinski definition) is 0. The Morgan fingerprint density at radius 3 is 2.59 bits per heavy atom. The van der Waals surface area contributed by atoms with Gasteiger partial charge in [0.1, 0.15) is 0 Å². The quantitative estimate of drug-likeness (QED) is 0.605. The van der Waals surface area contributed by atoms with E-state index >= 15 is 0 Å². The summed E-state index contributed by atoms with van der Waals surface area (Å²) in [5, 5.41) is 0. The zero-order valence-electron chi connectivity index (χ0n) is 13.0. The van der Waals surface area contributed by atoms with Crippen LogP contribution < -0.4 is 0 Å². The lowest BCUT2D eigenvalue weighted by Crippen LogP contribution is -2.35. The van der Waals surface area contributed by atoms with E-state index in [1.807, 2.05) is 0 Å². The minimum atomic E-state index is 0.456. The highest BCUT2D eigenvalue weighted by Crippen LogP contribution is 2.58. The highest BCUT2D eigenvalue weighted by atomic mass is 14.5. The van der Waals surface area contributed by atoms with Gasteiger partial charge in [0, 0.05) is 5.41 Å². The van der Waals surface area contributed by atoms with Crippen molar-refractivity contribution in [1.29, 1.82) is 0 Å².